The maximum absolute atomic E-state index is 12.2. The number of hydrogen-bond donors (Lipinski definition) is 2. The molecular formula is C13H16N2O6. The molecule has 8 nitrogen and oxygen atoms in total. The van der Waals surface area contributed by atoms with Crippen LogP contribution < -0.4 is 10.1 Å². The number of carboxylic acids is 1. The lowest BCUT2D eigenvalue weighted by Crippen LogP contribution is -2.40. The fourth-order valence-corrected chi connectivity index (χ4v) is 1.74. The highest BCUT2D eigenvalue weighted by molar-refractivity contribution is 6.02. The van der Waals surface area contributed by atoms with Crippen molar-refractivity contribution in [2.24, 2.45) is 0 Å². The zero-order chi connectivity index (χ0) is 16.0. The van der Waals surface area contributed by atoms with Crippen molar-refractivity contribution in [2.75, 3.05) is 6.61 Å². The molecule has 0 fully saturated rings. The van der Waals surface area contributed by atoms with Gasteiger partial charge < -0.3 is 15.2 Å². The number of nitrogens with zero attached hydrogens (tertiary/aromatic N) is 1. The molecule has 114 valence electrons. The first kappa shape index (κ1) is 16.4. The average Bonchev–Trinajstić information content (AvgIpc) is 2.44. The second kappa shape index (κ2) is 7.22. The Balaban J connectivity index is 3.22. The van der Waals surface area contributed by atoms with Crippen LogP contribution in [0.3, 0.4) is 0 Å². The molecule has 0 aliphatic rings. The van der Waals surface area contributed by atoms with Crippen LogP contribution in [0.25, 0.3) is 0 Å². The minimum atomic E-state index is -1.21. The number of nitro benzene ring substituents is 1. The molecule has 0 aliphatic heterocycles. The van der Waals surface area contributed by atoms with Gasteiger partial charge in [-0.1, -0.05) is 13.0 Å². The van der Waals surface area contributed by atoms with Gasteiger partial charge in [0.05, 0.1) is 11.5 Å². The molecule has 1 atom stereocenters. The van der Waals surface area contributed by atoms with Crippen LogP contribution >= 0.6 is 0 Å². The first-order chi connectivity index (χ1) is 9.92. The van der Waals surface area contributed by atoms with E-state index in [0.29, 0.717) is 0 Å². The first-order valence-corrected chi connectivity index (χ1v) is 6.36. The van der Waals surface area contributed by atoms with Gasteiger partial charge in [-0.25, -0.2) is 4.79 Å². The second-order valence-corrected chi connectivity index (χ2v) is 4.11. The Morgan fingerprint density at radius 1 is 1.43 bits per heavy atom. The van der Waals surface area contributed by atoms with Gasteiger partial charge in [0.1, 0.15) is 11.8 Å². The summed E-state index contributed by atoms with van der Waals surface area (Å²) in [4.78, 5) is 33.4. The van der Waals surface area contributed by atoms with Crippen molar-refractivity contribution in [3.63, 3.8) is 0 Å². The summed E-state index contributed by atoms with van der Waals surface area (Å²) in [6.07, 6.45) is 0.158. The normalized spacial score (nSPS) is 11.5. The number of nitrogens with one attached hydrogen (secondary N) is 1. The van der Waals surface area contributed by atoms with E-state index < -0.39 is 28.5 Å². The Bertz CT molecular complexity index is 558. The molecule has 0 bridgehead atoms. The number of nitro groups is 1. The maximum Gasteiger partial charge on any atom is 0.326 e. The zero-order valence-corrected chi connectivity index (χ0v) is 11.7. The van der Waals surface area contributed by atoms with Gasteiger partial charge >= 0.3 is 5.97 Å². The quantitative estimate of drug-likeness (QED) is 0.582. The van der Waals surface area contributed by atoms with Gasteiger partial charge in [-0.3, -0.25) is 14.9 Å². The van der Waals surface area contributed by atoms with E-state index >= 15 is 0 Å². The fourth-order valence-electron chi connectivity index (χ4n) is 1.74. The fraction of sp³-hybridized carbons (Fsp3) is 0.385. The van der Waals surface area contributed by atoms with Crippen LogP contribution in [0.15, 0.2) is 18.2 Å². The van der Waals surface area contributed by atoms with Gasteiger partial charge in [0, 0.05) is 6.07 Å². The number of rotatable bonds is 7. The number of carbonyl (C=O) groups is 2. The van der Waals surface area contributed by atoms with E-state index in [0.717, 1.165) is 0 Å². The maximum atomic E-state index is 12.2. The summed E-state index contributed by atoms with van der Waals surface area (Å²) < 4.78 is 5.21. The molecule has 21 heavy (non-hydrogen) atoms. The topological polar surface area (TPSA) is 119 Å². The summed E-state index contributed by atoms with van der Waals surface area (Å²) in [5.41, 5.74) is -0.706. The number of carboxylic acid groups (broad SMARTS) is 1. The van der Waals surface area contributed by atoms with E-state index in [1.54, 1.807) is 13.8 Å². The first-order valence-electron chi connectivity index (χ1n) is 6.36. The van der Waals surface area contributed by atoms with Crippen molar-refractivity contribution in [3.8, 4) is 5.75 Å². The van der Waals surface area contributed by atoms with Gasteiger partial charge in [-0.2, -0.15) is 0 Å². The van der Waals surface area contributed by atoms with Crippen LogP contribution in [0.5, 0.6) is 5.75 Å². The van der Waals surface area contributed by atoms with E-state index in [4.69, 9.17) is 9.84 Å². The van der Waals surface area contributed by atoms with Crippen molar-refractivity contribution < 1.29 is 24.4 Å². The summed E-state index contributed by atoms with van der Waals surface area (Å²) in [7, 11) is 0. The SMILES string of the molecule is CCOc1cccc([N+](=O)[O-])c1C(=O)NC(CC)C(=O)O. The van der Waals surface area contributed by atoms with Crippen LogP contribution in [0.4, 0.5) is 5.69 Å². The molecule has 0 radical (unpaired) electrons. The summed E-state index contributed by atoms with van der Waals surface area (Å²) in [5, 5.41) is 22.2. The smallest absolute Gasteiger partial charge is 0.326 e. The number of aliphatic carboxylic acids is 1. The lowest BCUT2D eigenvalue weighted by Gasteiger charge is -2.14. The average molecular weight is 296 g/mol. The number of benzene rings is 1. The number of hydrogen-bond acceptors (Lipinski definition) is 5. The Hall–Kier alpha value is -2.64. The predicted molar refractivity (Wildman–Crippen MR) is 73.4 cm³/mol. The van der Waals surface area contributed by atoms with Crippen LogP contribution in [0.2, 0.25) is 0 Å². The number of amides is 1. The lowest BCUT2D eigenvalue weighted by molar-refractivity contribution is -0.385. The number of ether oxygens (including phenoxy) is 1. The highest BCUT2D eigenvalue weighted by Gasteiger charge is 2.28. The van der Waals surface area contributed by atoms with Gasteiger partial charge in [-0.15, -0.1) is 0 Å². The van der Waals surface area contributed by atoms with Crippen molar-refractivity contribution >= 4 is 17.6 Å². The molecule has 1 aromatic carbocycles. The Morgan fingerprint density at radius 3 is 2.57 bits per heavy atom. The molecule has 0 heterocycles. The molecule has 8 heteroatoms. The van der Waals surface area contributed by atoms with E-state index in [9.17, 15) is 19.7 Å². The second-order valence-electron chi connectivity index (χ2n) is 4.11. The molecule has 1 rings (SSSR count). The van der Waals surface area contributed by atoms with E-state index in [1.807, 2.05) is 0 Å². The molecule has 0 saturated heterocycles. The molecule has 0 spiro atoms. The lowest BCUT2D eigenvalue weighted by atomic mass is 10.1. The Morgan fingerprint density at radius 2 is 2.10 bits per heavy atom. The van der Waals surface area contributed by atoms with Crippen LogP contribution in [0, 0.1) is 10.1 Å². The molecule has 1 amide bonds. The molecule has 0 aliphatic carbocycles. The third-order valence-electron chi connectivity index (χ3n) is 2.74. The third kappa shape index (κ3) is 3.91. The van der Waals surface area contributed by atoms with Crippen LogP contribution in [-0.4, -0.2) is 34.6 Å². The van der Waals surface area contributed by atoms with E-state index in [-0.39, 0.29) is 24.3 Å². The number of carbonyl (C=O) groups excluding carboxylic acids is 1. The molecule has 0 saturated carbocycles. The van der Waals surface area contributed by atoms with Crippen molar-refractivity contribution in [3.05, 3.63) is 33.9 Å². The summed E-state index contributed by atoms with van der Waals surface area (Å²) in [6, 6.07) is 2.87. The van der Waals surface area contributed by atoms with Gasteiger partial charge in [0.15, 0.2) is 5.56 Å². The third-order valence-corrected chi connectivity index (χ3v) is 2.74. The summed E-state index contributed by atoms with van der Waals surface area (Å²) in [5.74, 6) is -2.01. The van der Waals surface area contributed by atoms with Crippen LogP contribution in [0.1, 0.15) is 30.6 Å². The predicted octanol–water partition coefficient (Wildman–Crippen LogP) is 1.59. The van der Waals surface area contributed by atoms with E-state index in [2.05, 4.69) is 5.32 Å². The van der Waals surface area contributed by atoms with Crippen molar-refractivity contribution in [1.82, 2.24) is 5.32 Å². The Kier molecular flexibility index (Phi) is 5.65. The van der Waals surface area contributed by atoms with Crippen molar-refractivity contribution in [1.29, 1.82) is 0 Å². The standard InChI is InChI=1S/C13H16N2O6/c1-3-8(13(17)18)14-12(16)11-9(15(19)20)6-5-7-10(11)21-4-2/h5-8H,3-4H2,1-2H3,(H,14,16)(H,17,18). The van der Waals surface area contributed by atoms with Gasteiger partial charge in [0.2, 0.25) is 0 Å². The van der Waals surface area contributed by atoms with Crippen LogP contribution in [-0.2, 0) is 4.79 Å². The summed E-state index contributed by atoms with van der Waals surface area (Å²) >= 11 is 0. The molecular weight excluding hydrogens is 280 g/mol. The minimum absolute atomic E-state index is 0.0458. The molecule has 1 aromatic rings. The molecule has 2 N–H and O–H groups in total. The Labute approximate surface area is 120 Å². The van der Waals surface area contributed by atoms with E-state index in [1.165, 1.54) is 18.2 Å². The van der Waals surface area contributed by atoms with Gasteiger partial charge in [-0.05, 0) is 19.4 Å². The largest absolute Gasteiger partial charge is 0.493 e. The highest BCUT2D eigenvalue weighted by Crippen LogP contribution is 2.28. The molecule has 1 unspecified atom stereocenters. The van der Waals surface area contributed by atoms with Crippen molar-refractivity contribution in [2.45, 2.75) is 26.3 Å². The monoisotopic (exact) mass is 296 g/mol. The minimum Gasteiger partial charge on any atom is -0.493 e. The summed E-state index contributed by atoms with van der Waals surface area (Å²) in [6.45, 7) is 3.48. The highest BCUT2D eigenvalue weighted by atomic mass is 16.6. The zero-order valence-electron chi connectivity index (χ0n) is 11.7. The molecule has 0 aromatic heterocycles. The van der Waals surface area contributed by atoms with Gasteiger partial charge in [0.25, 0.3) is 11.6 Å².